The van der Waals surface area contributed by atoms with Gasteiger partial charge < -0.3 is 0 Å². The maximum absolute atomic E-state index is 3.03. The molecule has 0 saturated carbocycles. The number of benzene rings is 1. The first-order chi connectivity index (χ1) is 13.6. The predicted octanol–water partition coefficient (Wildman–Crippen LogP) is 9.51. The molecule has 0 aromatic heterocycles. The molecule has 28 heavy (non-hydrogen) atoms. The molecule has 0 radical (unpaired) electrons. The van der Waals surface area contributed by atoms with Gasteiger partial charge in [0.25, 0.3) is 0 Å². The van der Waals surface area contributed by atoms with E-state index >= 15 is 0 Å². The van der Waals surface area contributed by atoms with E-state index in [1.807, 2.05) is 3.59 Å². The summed E-state index contributed by atoms with van der Waals surface area (Å²) in [7, 11) is 0. The van der Waals surface area contributed by atoms with Gasteiger partial charge in [-0.05, 0) is 0 Å². The second-order valence-electron chi connectivity index (χ2n) is 8.94. The van der Waals surface area contributed by atoms with Crippen LogP contribution in [-0.4, -0.2) is 31.6 Å². The maximum atomic E-state index is 3.03. The molecular formula is C26H48GeSn. The zero-order valence-corrected chi connectivity index (χ0v) is 24.9. The van der Waals surface area contributed by atoms with Crippen LogP contribution < -0.4 is 0 Å². The normalized spacial score (nSPS) is 13.1. The molecule has 1 aromatic rings. The Morgan fingerprint density at radius 2 is 1.14 bits per heavy atom. The first-order valence-corrected chi connectivity index (χ1v) is 25.5. The van der Waals surface area contributed by atoms with Crippen LogP contribution in [0.2, 0.25) is 29.1 Å². The second kappa shape index (κ2) is 14.3. The third kappa shape index (κ3) is 7.53. The van der Waals surface area contributed by atoms with Crippen molar-refractivity contribution in [3.8, 4) is 0 Å². The van der Waals surface area contributed by atoms with E-state index < -0.39 is 31.6 Å². The van der Waals surface area contributed by atoms with E-state index in [0.717, 1.165) is 0 Å². The minimum atomic E-state index is -2.44. The van der Waals surface area contributed by atoms with Crippen molar-refractivity contribution in [1.82, 2.24) is 0 Å². The standard InChI is InChI=1S/C14H21Ge.3C4H9.Sn/c1-4-15(5-2,6-3)13-12-14-10-8-7-9-11-14;3*1-3-4-2;/h7-11,13H,4-6H2,1-3H3;3*1,3-4H2,2H3;. The Bertz CT molecular complexity index is 515. The molecule has 0 heterocycles. The van der Waals surface area contributed by atoms with Gasteiger partial charge in [-0.15, -0.1) is 0 Å². The molecule has 0 aliphatic heterocycles. The third-order valence-corrected chi connectivity index (χ3v) is 35.4. The minimum absolute atomic E-state index is 1.36. The van der Waals surface area contributed by atoms with Crippen LogP contribution in [0.25, 0.3) is 3.59 Å². The molecule has 2 heteroatoms. The molecule has 0 atom stereocenters. The molecule has 1 aromatic carbocycles. The van der Waals surface area contributed by atoms with Crippen molar-refractivity contribution in [3.63, 3.8) is 0 Å². The molecule has 160 valence electrons. The van der Waals surface area contributed by atoms with Crippen LogP contribution >= 0.6 is 0 Å². The molecule has 0 aliphatic rings. The van der Waals surface area contributed by atoms with Gasteiger partial charge >= 0.3 is 185 Å². The van der Waals surface area contributed by atoms with Crippen molar-refractivity contribution in [2.45, 2.75) is 109 Å². The van der Waals surface area contributed by atoms with Gasteiger partial charge in [-0.3, -0.25) is 0 Å². The Hall–Kier alpha value is 0.302. The van der Waals surface area contributed by atoms with Crippen LogP contribution in [0.5, 0.6) is 0 Å². The molecule has 1 rings (SSSR count). The van der Waals surface area contributed by atoms with Gasteiger partial charge in [-0.25, -0.2) is 0 Å². The molecule has 0 nitrogen and oxygen atoms in total. The number of hydrogen-bond acceptors (Lipinski definition) is 0. The fourth-order valence-corrected chi connectivity index (χ4v) is 36.1. The average molecular weight is 552 g/mol. The van der Waals surface area contributed by atoms with Gasteiger partial charge in [0.1, 0.15) is 0 Å². The van der Waals surface area contributed by atoms with Gasteiger partial charge in [-0.2, -0.15) is 0 Å². The summed E-state index contributed by atoms with van der Waals surface area (Å²) < 4.78 is 6.72. The topological polar surface area (TPSA) is 0 Å². The molecule has 0 aliphatic carbocycles. The molecule has 0 bridgehead atoms. The van der Waals surface area contributed by atoms with Gasteiger partial charge in [0.05, 0.1) is 0 Å². The number of unbranched alkanes of at least 4 members (excludes halogenated alkanes) is 3. The Balaban J connectivity index is 3.63. The zero-order valence-electron chi connectivity index (χ0n) is 19.9. The van der Waals surface area contributed by atoms with Gasteiger partial charge in [-0.1, -0.05) is 0 Å². The van der Waals surface area contributed by atoms with Crippen LogP contribution in [0.4, 0.5) is 0 Å². The average Bonchev–Trinajstić information content (AvgIpc) is 2.76. The van der Waals surface area contributed by atoms with Crippen LogP contribution in [0.3, 0.4) is 0 Å². The quantitative estimate of drug-likeness (QED) is 0.190. The molecule has 0 spiro atoms. The number of hydrogen-bond donors (Lipinski definition) is 0. The van der Waals surface area contributed by atoms with Crippen molar-refractivity contribution >= 4 is 35.2 Å². The van der Waals surface area contributed by atoms with E-state index in [2.05, 4.69) is 76.8 Å². The first-order valence-electron chi connectivity index (χ1n) is 12.4. The van der Waals surface area contributed by atoms with Crippen molar-refractivity contribution in [2.75, 3.05) is 0 Å². The summed E-state index contributed by atoms with van der Waals surface area (Å²) in [4.78, 5) is 3.03. The van der Waals surface area contributed by atoms with Gasteiger partial charge in [0.2, 0.25) is 0 Å². The van der Waals surface area contributed by atoms with Crippen LogP contribution in [-0.2, 0) is 0 Å². The molecule has 0 amide bonds. The van der Waals surface area contributed by atoms with Crippen LogP contribution in [0.15, 0.2) is 35.2 Å². The Morgan fingerprint density at radius 1 is 0.714 bits per heavy atom. The Labute approximate surface area is 184 Å². The monoisotopic (exact) mass is 554 g/mol. The Morgan fingerprint density at radius 3 is 1.50 bits per heavy atom. The molecule has 0 saturated heterocycles. The SMILES string of the molecule is CCC[CH2][Sn]([CH2]CCC)([CH2]CCC)/[C](=[CH]/[Ge]([CH2]C)([CH2]C)[CH2]C)c1ccccc1. The van der Waals surface area contributed by atoms with Crippen molar-refractivity contribution in [1.29, 1.82) is 0 Å². The van der Waals surface area contributed by atoms with E-state index in [9.17, 15) is 0 Å². The third-order valence-electron chi connectivity index (χ3n) is 7.25. The fourth-order valence-electron chi connectivity index (χ4n) is 4.85. The fraction of sp³-hybridized carbons (Fsp3) is 0.692. The summed E-state index contributed by atoms with van der Waals surface area (Å²) in [5, 5.41) is 4.38. The molecule has 0 fully saturated rings. The summed E-state index contributed by atoms with van der Waals surface area (Å²) in [5.41, 5.74) is 1.62. The summed E-state index contributed by atoms with van der Waals surface area (Å²) in [6, 6.07) is 11.7. The van der Waals surface area contributed by atoms with E-state index in [-0.39, 0.29) is 0 Å². The zero-order chi connectivity index (χ0) is 20.9. The van der Waals surface area contributed by atoms with E-state index in [1.165, 1.54) is 54.3 Å². The van der Waals surface area contributed by atoms with E-state index in [1.54, 1.807) is 18.9 Å². The molecule has 0 unspecified atom stereocenters. The summed E-state index contributed by atoms with van der Waals surface area (Å²) in [6.45, 7) is 14.7. The molecule has 0 N–H and O–H groups in total. The second-order valence-corrected chi connectivity index (χ2v) is 32.8. The van der Waals surface area contributed by atoms with Crippen LogP contribution in [0, 0.1) is 0 Å². The Kier molecular flexibility index (Phi) is 13.5. The summed E-state index contributed by atoms with van der Waals surface area (Å²) >= 11 is -4.33. The number of rotatable bonds is 15. The predicted molar refractivity (Wildman–Crippen MR) is 137 cm³/mol. The van der Waals surface area contributed by atoms with E-state index in [4.69, 9.17) is 0 Å². The first kappa shape index (κ1) is 26.3. The van der Waals surface area contributed by atoms with E-state index in [0.29, 0.717) is 0 Å². The van der Waals surface area contributed by atoms with Crippen molar-refractivity contribution in [3.05, 3.63) is 40.8 Å². The van der Waals surface area contributed by atoms with Crippen molar-refractivity contribution in [2.24, 2.45) is 0 Å². The summed E-state index contributed by atoms with van der Waals surface area (Å²) in [6.07, 6.45) is 8.46. The van der Waals surface area contributed by atoms with Crippen molar-refractivity contribution < 1.29 is 0 Å². The van der Waals surface area contributed by atoms with Gasteiger partial charge in [0, 0.05) is 0 Å². The van der Waals surface area contributed by atoms with Gasteiger partial charge in [0.15, 0.2) is 0 Å². The van der Waals surface area contributed by atoms with Crippen LogP contribution in [0.1, 0.15) is 85.6 Å². The molecular weight excluding hydrogens is 504 g/mol. The summed E-state index contributed by atoms with van der Waals surface area (Å²) in [5.74, 6) is 0.